The number of hydrogen-bond donors (Lipinski definition) is 0. The molecule has 1 saturated heterocycles. The number of anilines is 1. The van der Waals surface area contributed by atoms with Crippen molar-refractivity contribution >= 4 is 28.8 Å². The Balaban J connectivity index is 1.71. The summed E-state index contributed by atoms with van der Waals surface area (Å²) in [7, 11) is 1.58. The molecule has 2 amide bonds. The molecule has 1 fully saturated rings. The summed E-state index contributed by atoms with van der Waals surface area (Å²) in [6.45, 7) is 0.163. The van der Waals surface area contributed by atoms with Gasteiger partial charge in [-0.25, -0.2) is 4.39 Å². The largest absolute Gasteiger partial charge is 0.496 e. The number of thiophene rings is 1. The minimum Gasteiger partial charge on any atom is -0.496 e. The van der Waals surface area contributed by atoms with Crippen LogP contribution in [0.4, 0.5) is 10.1 Å². The van der Waals surface area contributed by atoms with Crippen LogP contribution in [0.15, 0.2) is 66.0 Å². The number of nitrogens with zero attached hydrogens (tertiary/aromatic N) is 2. The maximum Gasteiger partial charge on any atom is 0.255 e. The van der Waals surface area contributed by atoms with Gasteiger partial charge in [0.1, 0.15) is 24.2 Å². The van der Waals surface area contributed by atoms with Crippen LogP contribution in [0.5, 0.6) is 5.75 Å². The van der Waals surface area contributed by atoms with Crippen molar-refractivity contribution in [1.82, 2.24) is 4.90 Å². The zero-order chi connectivity index (χ0) is 20.4. The molecular weight excluding hydrogens is 391 g/mol. The van der Waals surface area contributed by atoms with Gasteiger partial charge in [-0.05, 0) is 41.8 Å². The SMILES string of the molecule is COc1ccccc1CN1C(=O)CN(c2ccc(F)cc2)C(=O)C1c1cccs1. The fraction of sp³-hybridized carbons (Fsp3) is 0.182. The molecule has 29 heavy (non-hydrogen) atoms. The average Bonchev–Trinajstić information content (AvgIpc) is 3.26. The van der Waals surface area contributed by atoms with E-state index in [-0.39, 0.29) is 24.9 Å². The van der Waals surface area contributed by atoms with Crippen LogP contribution in [-0.4, -0.2) is 30.4 Å². The molecule has 2 aromatic carbocycles. The smallest absolute Gasteiger partial charge is 0.255 e. The number of piperazine rings is 1. The van der Waals surface area contributed by atoms with Gasteiger partial charge >= 0.3 is 0 Å². The molecule has 0 bridgehead atoms. The summed E-state index contributed by atoms with van der Waals surface area (Å²) in [6.07, 6.45) is 0. The van der Waals surface area contributed by atoms with Crippen molar-refractivity contribution in [1.29, 1.82) is 0 Å². The molecule has 0 spiro atoms. The number of benzene rings is 2. The van der Waals surface area contributed by atoms with Crippen LogP contribution in [0.2, 0.25) is 0 Å². The molecule has 1 aromatic heterocycles. The molecule has 2 heterocycles. The predicted molar refractivity (Wildman–Crippen MR) is 109 cm³/mol. The first-order valence-electron chi connectivity index (χ1n) is 9.10. The Bertz CT molecular complexity index is 1020. The third-order valence-corrected chi connectivity index (χ3v) is 5.83. The Hall–Kier alpha value is -3.19. The Kier molecular flexibility index (Phi) is 5.31. The monoisotopic (exact) mass is 410 g/mol. The number of methoxy groups -OCH3 is 1. The first-order chi connectivity index (χ1) is 14.1. The molecule has 1 unspecified atom stereocenters. The standard InChI is InChI=1S/C22H19FN2O3S/c1-28-18-6-3-2-5-15(18)13-25-20(26)14-24(17-10-8-16(23)9-11-17)22(27)21(25)19-7-4-12-29-19/h2-12,21H,13-14H2,1H3. The van der Waals surface area contributed by atoms with E-state index in [0.717, 1.165) is 10.4 Å². The molecule has 148 valence electrons. The quantitative estimate of drug-likeness (QED) is 0.639. The van der Waals surface area contributed by atoms with E-state index < -0.39 is 11.9 Å². The molecule has 1 aliphatic rings. The molecular formula is C22H19FN2O3S. The van der Waals surface area contributed by atoms with Gasteiger partial charge in [0.15, 0.2) is 0 Å². The molecule has 0 radical (unpaired) electrons. The predicted octanol–water partition coefficient (Wildman–Crippen LogP) is 4.01. The number of carbonyl (C=O) groups is 2. The molecule has 5 nitrogen and oxygen atoms in total. The van der Waals surface area contributed by atoms with Crippen molar-refractivity contribution < 1.29 is 18.7 Å². The van der Waals surface area contributed by atoms with E-state index in [1.165, 1.54) is 40.5 Å². The average molecular weight is 410 g/mol. The van der Waals surface area contributed by atoms with E-state index >= 15 is 0 Å². The molecule has 3 aromatic rings. The number of hydrogen-bond acceptors (Lipinski definition) is 4. The van der Waals surface area contributed by atoms with E-state index in [0.29, 0.717) is 11.4 Å². The first-order valence-corrected chi connectivity index (χ1v) is 9.98. The topological polar surface area (TPSA) is 49.9 Å². The van der Waals surface area contributed by atoms with Crippen molar-refractivity contribution in [3.8, 4) is 5.75 Å². The first kappa shape index (κ1) is 19.1. The van der Waals surface area contributed by atoms with Gasteiger partial charge in [-0.3, -0.25) is 9.59 Å². The van der Waals surface area contributed by atoms with Crippen LogP contribution < -0.4 is 9.64 Å². The van der Waals surface area contributed by atoms with Crippen LogP contribution >= 0.6 is 11.3 Å². The minimum absolute atomic E-state index is 0.0957. The summed E-state index contributed by atoms with van der Waals surface area (Å²) in [5.41, 5.74) is 1.33. The van der Waals surface area contributed by atoms with Gasteiger partial charge < -0.3 is 14.5 Å². The van der Waals surface area contributed by atoms with Gasteiger partial charge in [0.25, 0.3) is 5.91 Å². The van der Waals surface area contributed by atoms with Crippen molar-refractivity contribution in [2.24, 2.45) is 0 Å². The Morgan fingerprint density at radius 2 is 1.83 bits per heavy atom. The lowest BCUT2D eigenvalue weighted by Crippen LogP contribution is -2.55. The van der Waals surface area contributed by atoms with E-state index in [9.17, 15) is 14.0 Å². The third kappa shape index (κ3) is 3.73. The third-order valence-electron chi connectivity index (χ3n) is 4.91. The second-order valence-electron chi connectivity index (χ2n) is 6.65. The number of para-hydroxylation sites is 1. The number of halogens is 1. The lowest BCUT2D eigenvalue weighted by molar-refractivity contribution is -0.144. The Morgan fingerprint density at radius 1 is 1.07 bits per heavy atom. The maximum absolute atomic E-state index is 13.4. The van der Waals surface area contributed by atoms with Gasteiger partial charge in [-0.15, -0.1) is 11.3 Å². The highest BCUT2D eigenvalue weighted by Gasteiger charge is 2.41. The normalized spacial score (nSPS) is 17.0. The second-order valence-corrected chi connectivity index (χ2v) is 7.63. The Labute approximate surface area is 171 Å². The van der Waals surface area contributed by atoms with Crippen LogP contribution in [0, 0.1) is 5.82 Å². The molecule has 1 atom stereocenters. The highest BCUT2D eigenvalue weighted by molar-refractivity contribution is 7.10. The zero-order valence-corrected chi connectivity index (χ0v) is 16.6. The van der Waals surface area contributed by atoms with Crippen molar-refractivity contribution in [2.75, 3.05) is 18.6 Å². The lowest BCUT2D eigenvalue weighted by atomic mass is 10.1. The van der Waals surface area contributed by atoms with Crippen molar-refractivity contribution in [3.05, 3.63) is 82.3 Å². The van der Waals surface area contributed by atoms with Crippen LogP contribution in [0.25, 0.3) is 0 Å². The molecule has 1 aliphatic heterocycles. The molecule has 4 rings (SSSR count). The number of rotatable bonds is 5. The molecule has 0 saturated carbocycles. The van der Waals surface area contributed by atoms with E-state index in [2.05, 4.69) is 0 Å². The van der Waals surface area contributed by atoms with E-state index in [1.807, 2.05) is 41.8 Å². The van der Waals surface area contributed by atoms with Crippen LogP contribution in [-0.2, 0) is 16.1 Å². The van der Waals surface area contributed by atoms with Crippen LogP contribution in [0.3, 0.4) is 0 Å². The highest BCUT2D eigenvalue weighted by Crippen LogP contribution is 2.35. The number of amides is 2. The molecule has 0 N–H and O–H groups in total. The molecule has 7 heteroatoms. The van der Waals surface area contributed by atoms with Gasteiger partial charge in [-0.2, -0.15) is 0 Å². The minimum atomic E-state index is -0.744. The summed E-state index contributed by atoms with van der Waals surface area (Å²) >= 11 is 1.43. The fourth-order valence-corrected chi connectivity index (χ4v) is 4.32. The summed E-state index contributed by atoms with van der Waals surface area (Å²) in [6, 6.07) is 16.0. The number of carbonyl (C=O) groups excluding carboxylic acids is 2. The van der Waals surface area contributed by atoms with Gasteiger partial charge in [-0.1, -0.05) is 24.3 Å². The van der Waals surface area contributed by atoms with E-state index in [1.54, 1.807) is 12.0 Å². The lowest BCUT2D eigenvalue weighted by Gasteiger charge is -2.40. The van der Waals surface area contributed by atoms with Gasteiger partial charge in [0, 0.05) is 16.1 Å². The summed E-state index contributed by atoms with van der Waals surface area (Å²) in [5, 5.41) is 1.88. The second kappa shape index (κ2) is 8.05. The fourth-order valence-electron chi connectivity index (χ4n) is 3.49. The summed E-state index contributed by atoms with van der Waals surface area (Å²) in [4.78, 5) is 30.3. The van der Waals surface area contributed by atoms with Gasteiger partial charge in [0.2, 0.25) is 5.91 Å². The highest BCUT2D eigenvalue weighted by atomic mass is 32.1. The maximum atomic E-state index is 13.4. The Morgan fingerprint density at radius 3 is 2.52 bits per heavy atom. The van der Waals surface area contributed by atoms with Crippen molar-refractivity contribution in [3.63, 3.8) is 0 Å². The van der Waals surface area contributed by atoms with Gasteiger partial charge in [0.05, 0.1) is 13.7 Å². The summed E-state index contributed by atoms with van der Waals surface area (Å²) in [5.74, 6) is -0.123. The zero-order valence-electron chi connectivity index (χ0n) is 15.7. The number of ether oxygens (including phenoxy) is 1. The molecule has 0 aliphatic carbocycles. The van der Waals surface area contributed by atoms with E-state index in [4.69, 9.17) is 4.74 Å². The van der Waals surface area contributed by atoms with Crippen molar-refractivity contribution in [2.45, 2.75) is 12.6 Å². The summed E-state index contributed by atoms with van der Waals surface area (Å²) < 4.78 is 18.7. The van der Waals surface area contributed by atoms with Crippen LogP contribution in [0.1, 0.15) is 16.5 Å².